The molecule has 0 aliphatic carbocycles. The van der Waals surface area contributed by atoms with Crippen LogP contribution in [-0.2, 0) is 0 Å². The topological polar surface area (TPSA) is 0 Å². The van der Waals surface area contributed by atoms with Crippen molar-refractivity contribution < 1.29 is 0 Å². The van der Waals surface area contributed by atoms with Gasteiger partial charge in [-0.1, -0.05) is 26.0 Å². The lowest BCUT2D eigenvalue weighted by Gasteiger charge is -2.05. The predicted molar refractivity (Wildman–Crippen MR) is 60.7 cm³/mol. The zero-order chi connectivity index (χ0) is 9.42. The molecule has 0 N–H and O–H groups in total. The Morgan fingerprint density at radius 3 is 2.69 bits per heavy atom. The van der Waals surface area contributed by atoms with E-state index < -0.39 is 0 Å². The van der Waals surface area contributed by atoms with Crippen LogP contribution >= 0.6 is 11.3 Å². The highest BCUT2D eigenvalue weighted by Gasteiger charge is 2.06. The first-order chi connectivity index (χ1) is 6.18. The molecular weight excluding hydrogens is 176 g/mol. The van der Waals surface area contributed by atoms with Gasteiger partial charge in [-0.25, -0.2) is 0 Å². The lowest BCUT2D eigenvalue weighted by molar-refractivity contribution is 0.877. The van der Waals surface area contributed by atoms with Gasteiger partial charge < -0.3 is 0 Å². The van der Waals surface area contributed by atoms with Crippen LogP contribution in [0.3, 0.4) is 0 Å². The van der Waals surface area contributed by atoms with Crippen LogP contribution in [0.1, 0.15) is 30.2 Å². The smallest absolute Gasteiger partial charge is 0.0348 e. The summed E-state index contributed by atoms with van der Waals surface area (Å²) in [7, 11) is 0. The highest BCUT2D eigenvalue weighted by molar-refractivity contribution is 7.19. The van der Waals surface area contributed by atoms with Crippen molar-refractivity contribution in [2.75, 3.05) is 0 Å². The Balaban J connectivity index is 2.75. The summed E-state index contributed by atoms with van der Waals surface area (Å²) in [4.78, 5) is 1.41. The molecule has 0 aliphatic heterocycles. The molecule has 0 bridgehead atoms. The summed E-state index contributed by atoms with van der Waals surface area (Å²) in [5, 5.41) is 1.44. The summed E-state index contributed by atoms with van der Waals surface area (Å²) in [5.74, 6) is 0.623. The van der Waals surface area contributed by atoms with Crippen LogP contribution in [0.15, 0.2) is 24.3 Å². The van der Waals surface area contributed by atoms with Crippen LogP contribution in [0.5, 0.6) is 0 Å². The van der Waals surface area contributed by atoms with Gasteiger partial charge >= 0.3 is 0 Å². The molecular formula is C12H14S. The zero-order valence-electron chi connectivity index (χ0n) is 8.29. The fourth-order valence-electron chi connectivity index (χ4n) is 1.71. The lowest BCUT2D eigenvalue weighted by Crippen LogP contribution is -1.86. The molecule has 0 atom stereocenters. The number of benzene rings is 1. The maximum absolute atomic E-state index is 2.30. The van der Waals surface area contributed by atoms with Gasteiger partial charge in [0, 0.05) is 9.58 Å². The first kappa shape index (κ1) is 8.76. The Morgan fingerprint density at radius 2 is 2.00 bits per heavy atom. The fourth-order valence-corrected chi connectivity index (χ4v) is 2.67. The van der Waals surface area contributed by atoms with E-state index in [-0.39, 0.29) is 0 Å². The number of fused-ring (bicyclic) bond motifs is 1. The monoisotopic (exact) mass is 190 g/mol. The first-order valence-corrected chi connectivity index (χ1v) is 5.49. The van der Waals surface area contributed by atoms with Crippen LogP contribution in [-0.4, -0.2) is 0 Å². The number of hydrogen-bond donors (Lipinski definition) is 0. The molecule has 0 spiro atoms. The van der Waals surface area contributed by atoms with Crippen molar-refractivity contribution in [2.45, 2.75) is 26.7 Å². The normalized spacial score (nSPS) is 11.4. The van der Waals surface area contributed by atoms with Crippen LogP contribution in [0.2, 0.25) is 0 Å². The molecule has 1 aromatic heterocycles. The molecule has 1 heteroatoms. The molecule has 2 aromatic rings. The van der Waals surface area contributed by atoms with E-state index >= 15 is 0 Å². The predicted octanol–water partition coefficient (Wildman–Crippen LogP) is 4.33. The number of rotatable bonds is 1. The maximum atomic E-state index is 2.30. The molecule has 13 heavy (non-hydrogen) atoms. The quantitative estimate of drug-likeness (QED) is 0.627. The Labute approximate surface area is 83.2 Å². The molecule has 0 saturated heterocycles. The van der Waals surface area contributed by atoms with Crippen LogP contribution in [0.4, 0.5) is 0 Å². The van der Waals surface area contributed by atoms with Crippen molar-refractivity contribution in [3.63, 3.8) is 0 Å². The van der Waals surface area contributed by atoms with Gasteiger partial charge in [0.2, 0.25) is 0 Å². The lowest BCUT2D eigenvalue weighted by atomic mass is 10.00. The van der Waals surface area contributed by atoms with Crippen molar-refractivity contribution in [2.24, 2.45) is 0 Å². The minimum absolute atomic E-state index is 0.623. The third kappa shape index (κ3) is 1.49. The Hall–Kier alpha value is -0.820. The van der Waals surface area contributed by atoms with E-state index in [4.69, 9.17) is 0 Å². The molecule has 68 valence electrons. The van der Waals surface area contributed by atoms with Crippen molar-refractivity contribution in [1.82, 2.24) is 0 Å². The Morgan fingerprint density at radius 1 is 1.23 bits per heavy atom. The summed E-state index contributed by atoms with van der Waals surface area (Å²) < 4.78 is 1.42. The number of hydrogen-bond acceptors (Lipinski definition) is 1. The van der Waals surface area contributed by atoms with Gasteiger partial charge in [0.05, 0.1) is 0 Å². The van der Waals surface area contributed by atoms with Crippen molar-refractivity contribution in [1.29, 1.82) is 0 Å². The zero-order valence-corrected chi connectivity index (χ0v) is 9.11. The molecule has 0 radical (unpaired) electrons. The van der Waals surface area contributed by atoms with Gasteiger partial charge in [-0.3, -0.25) is 0 Å². The summed E-state index contributed by atoms with van der Waals surface area (Å²) in [6.07, 6.45) is 0. The minimum Gasteiger partial charge on any atom is -0.141 e. The molecule has 1 aromatic carbocycles. The Bertz CT molecular complexity index is 424. The van der Waals surface area contributed by atoms with Crippen molar-refractivity contribution in [3.8, 4) is 0 Å². The van der Waals surface area contributed by atoms with Crippen molar-refractivity contribution >= 4 is 21.4 Å². The minimum atomic E-state index is 0.623. The largest absolute Gasteiger partial charge is 0.141 e. The number of aryl methyl sites for hydroxylation is 1. The van der Waals surface area contributed by atoms with Crippen LogP contribution in [0, 0.1) is 6.92 Å². The Kier molecular flexibility index (Phi) is 2.12. The van der Waals surface area contributed by atoms with Gasteiger partial charge in [-0.15, -0.1) is 11.3 Å². The van der Waals surface area contributed by atoms with Gasteiger partial charge in [-0.2, -0.15) is 0 Å². The molecule has 0 aliphatic rings. The highest BCUT2D eigenvalue weighted by Crippen LogP contribution is 2.31. The third-order valence-electron chi connectivity index (χ3n) is 2.34. The second-order valence-electron chi connectivity index (χ2n) is 3.77. The summed E-state index contributed by atoms with van der Waals surface area (Å²) in [6.45, 7) is 6.68. The highest BCUT2D eigenvalue weighted by atomic mass is 32.1. The average molecular weight is 190 g/mol. The number of thiophene rings is 1. The summed E-state index contributed by atoms with van der Waals surface area (Å²) in [5.41, 5.74) is 1.47. The van der Waals surface area contributed by atoms with E-state index in [1.54, 1.807) is 0 Å². The molecule has 0 fully saturated rings. The van der Waals surface area contributed by atoms with E-state index in [0.717, 1.165) is 0 Å². The standard InChI is InChI=1S/C12H14S/c1-8(2)10-5-4-6-12-11(10)7-9(3)13-12/h4-8H,1-3H3. The molecule has 0 saturated carbocycles. The van der Waals surface area contributed by atoms with Gasteiger partial charge in [0.15, 0.2) is 0 Å². The van der Waals surface area contributed by atoms with Gasteiger partial charge in [0.25, 0.3) is 0 Å². The maximum Gasteiger partial charge on any atom is 0.0348 e. The van der Waals surface area contributed by atoms with E-state index in [1.807, 2.05) is 11.3 Å². The summed E-state index contributed by atoms with van der Waals surface area (Å²) >= 11 is 1.88. The third-order valence-corrected chi connectivity index (χ3v) is 3.36. The van der Waals surface area contributed by atoms with E-state index in [0.29, 0.717) is 5.92 Å². The van der Waals surface area contributed by atoms with Gasteiger partial charge in [0.1, 0.15) is 0 Å². The molecule has 0 unspecified atom stereocenters. The molecule has 2 rings (SSSR count). The van der Waals surface area contributed by atoms with Crippen LogP contribution < -0.4 is 0 Å². The van der Waals surface area contributed by atoms with E-state index in [1.165, 1.54) is 20.5 Å². The van der Waals surface area contributed by atoms with Crippen molar-refractivity contribution in [3.05, 3.63) is 34.7 Å². The average Bonchev–Trinajstić information content (AvgIpc) is 2.43. The SMILES string of the molecule is Cc1cc2c(C(C)C)cccc2s1. The summed E-state index contributed by atoms with van der Waals surface area (Å²) in [6, 6.07) is 8.90. The second-order valence-corrected chi connectivity index (χ2v) is 5.06. The van der Waals surface area contributed by atoms with E-state index in [9.17, 15) is 0 Å². The molecule has 0 amide bonds. The van der Waals surface area contributed by atoms with Gasteiger partial charge in [-0.05, 0) is 35.9 Å². The fraction of sp³-hybridized carbons (Fsp3) is 0.333. The van der Waals surface area contributed by atoms with Crippen LogP contribution in [0.25, 0.3) is 10.1 Å². The van der Waals surface area contributed by atoms with E-state index in [2.05, 4.69) is 45.0 Å². The second kappa shape index (κ2) is 3.15. The molecule has 0 nitrogen and oxygen atoms in total. The first-order valence-electron chi connectivity index (χ1n) is 4.67. The molecule has 1 heterocycles.